The Labute approximate surface area is 83.7 Å². The van der Waals surface area contributed by atoms with Crippen molar-refractivity contribution in [3.8, 4) is 0 Å². The minimum Gasteiger partial charge on any atom is -0.296 e. The van der Waals surface area contributed by atoms with Crippen molar-refractivity contribution in [2.45, 2.75) is 51.9 Å². The van der Waals surface area contributed by atoms with Crippen molar-refractivity contribution in [3.63, 3.8) is 0 Å². The third kappa shape index (κ3) is 4.25. The van der Waals surface area contributed by atoms with Crippen LogP contribution in [0.15, 0.2) is 9.32 Å². The van der Waals surface area contributed by atoms with Crippen molar-refractivity contribution in [2.75, 3.05) is 0 Å². The van der Waals surface area contributed by atoms with E-state index < -0.39 is 5.76 Å². The SMILES string of the molecule is CCCCCCCCc1noc(=O)[nH]1. The molecule has 0 bridgehead atoms. The van der Waals surface area contributed by atoms with E-state index in [9.17, 15) is 4.79 Å². The molecule has 0 aliphatic rings. The van der Waals surface area contributed by atoms with E-state index in [1.807, 2.05) is 0 Å². The molecule has 4 nitrogen and oxygen atoms in total. The minimum atomic E-state index is -0.453. The Kier molecular flexibility index (Phi) is 5.04. The summed E-state index contributed by atoms with van der Waals surface area (Å²) in [6.07, 6.45) is 8.28. The van der Waals surface area contributed by atoms with Gasteiger partial charge in [0.1, 0.15) is 0 Å². The molecule has 1 aromatic rings. The molecule has 1 N–H and O–H groups in total. The van der Waals surface area contributed by atoms with E-state index in [0.29, 0.717) is 5.82 Å². The van der Waals surface area contributed by atoms with E-state index in [2.05, 4.69) is 21.6 Å². The second kappa shape index (κ2) is 6.40. The molecule has 0 saturated heterocycles. The van der Waals surface area contributed by atoms with Crippen molar-refractivity contribution in [2.24, 2.45) is 0 Å². The molecule has 0 aromatic carbocycles. The van der Waals surface area contributed by atoms with Crippen LogP contribution in [0.5, 0.6) is 0 Å². The summed E-state index contributed by atoms with van der Waals surface area (Å²) in [5.74, 6) is 0.219. The summed E-state index contributed by atoms with van der Waals surface area (Å²) in [5.41, 5.74) is 0. The van der Waals surface area contributed by atoms with Crippen molar-refractivity contribution in [1.29, 1.82) is 0 Å². The molecule has 80 valence electrons. The number of hydrogen-bond acceptors (Lipinski definition) is 3. The second-order valence-electron chi connectivity index (χ2n) is 3.56. The van der Waals surface area contributed by atoms with Crippen LogP contribution < -0.4 is 5.76 Å². The first-order valence-electron chi connectivity index (χ1n) is 5.38. The maximum Gasteiger partial charge on any atom is 0.438 e. The molecule has 14 heavy (non-hydrogen) atoms. The smallest absolute Gasteiger partial charge is 0.296 e. The van der Waals surface area contributed by atoms with Gasteiger partial charge in [0.2, 0.25) is 0 Å². The predicted octanol–water partition coefficient (Wildman–Crippen LogP) is 2.27. The highest BCUT2D eigenvalue weighted by atomic mass is 16.5. The number of rotatable bonds is 7. The van der Waals surface area contributed by atoms with Crippen molar-refractivity contribution in [1.82, 2.24) is 10.1 Å². The Bertz CT molecular complexity index is 290. The van der Waals surface area contributed by atoms with Gasteiger partial charge in [0.15, 0.2) is 5.82 Å². The summed E-state index contributed by atoms with van der Waals surface area (Å²) in [7, 11) is 0. The largest absolute Gasteiger partial charge is 0.438 e. The first kappa shape index (κ1) is 11.0. The molecule has 0 aliphatic heterocycles. The van der Waals surface area contributed by atoms with Gasteiger partial charge in [-0.25, -0.2) is 4.79 Å². The lowest BCUT2D eigenvalue weighted by Crippen LogP contribution is -1.97. The van der Waals surface area contributed by atoms with E-state index >= 15 is 0 Å². The number of aromatic nitrogens is 2. The Morgan fingerprint density at radius 2 is 1.93 bits per heavy atom. The van der Waals surface area contributed by atoms with Crippen LogP contribution in [0.25, 0.3) is 0 Å². The quantitative estimate of drug-likeness (QED) is 0.684. The average molecular weight is 198 g/mol. The number of aryl methyl sites for hydroxylation is 1. The van der Waals surface area contributed by atoms with Crippen LogP contribution in [0.2, 0.25) is 0 Å². The van der Waals surface area contributed by atoms with Gasteiger partial charge in [-0.3, -0.25) is 9.51 Å². The molecule has 1 rings (SSSR count). The third-order valence-electron chi connectivity index (χ3n) is 2.25. The number of nitrogens with zero attached hydrogens (tertiary/aromatic N) is 1. The van der Waals surface area contributed by atoms with Gasteiger partial charge in [-0.15, -0.1) is 0 Å². The summed E-state index contributed by atoms with van der Waals surface area (Å²) in [6, 6.07) is 0. The normalized spacial score (nSPS) is 10.6. The molecule has 0 radical (unpaired) electrons. The highest BCUT2D eigenvalue weighted by Crippen LogP contribution is 2.06. The monoisotopic (exact) mass is 198 g/mol. The summed E-state index contributed by atoms with van der Waals surface area (Å²) in [4.78, 5) is 13.1. The lowest BCUT2D eigenvalue weighted by molar-refractivity contribution is 0.380. The second-order valence-corrected chi connectivity index (χ2v) is 3.56. The van der Waals surface area contributed by atoms with E-state index in [4.69, 9.17) is 0 Å². The lowest BCUT2D eigenvalue weighted by Gasteiger charge is -1.97. The molecule has 1 aromatic heterocycles. The van der Waals surface area contributed by atoms with Crippen LogP contribution in [0.3, 0.4) is 0 Å². The Balaban J connectivity index is 2.02. The zero-order valence-electron chi connectivity index (χ0n) is 8.71. The van der Waals surface area contributed by atoms with Crippen LogP contribution in [-0.4, -0.2) is 10.1 Å². The standard InChI is InChI=1S/C10H18N2O2/c1-2-3-4-5-6-7-8-9-11-10(13)14-12-9/h2-8H2,1H3,(H,11,12,13). The van der Waals surface area contributed by atoms with Gasteiger partial charge in [0.25, 0.3) is 0 Å². The van der Waals surface area contributed by atoms with Crippen LogP contribution >= 0.6 is 0 Å². The molecular formula is C10H18N2O2. The first-order chi connectivity index (χ1) is 6.83. The topological polar surface area (TPSA) is 58.9 Å². The Morgan fingerprint density at radius 3 is 2.57 bits per heavy atom. The Hall–Kier alpha value is -1.06. The predicted molar refractivity (Wildman–Crippen MR) is 54.2 cm³/mol. The zero-order chi connectivity index (χ0) is 10.2. The van der Waals surface area contributed by atoms with Crippen molar-refractivity contribution < 1.29 is 4.52 Å². The molecule has 0 atom stereocenters. The van der Waals surface area contributed by atoms with Crippen LogP contribution in [0.1, 0.15) is 51.3 Å². The van der Waals surface area contributed by atoms with Crippen molar-refractivity contribution >= 4 is 0 Å². The van der Waals surface area contributed by atoms with Crippen molar-refractivity contribution in [3.05, 3.63) is 16.4 Å². The molecule has 4 heteroatoms. The summed E-state index contributed by atoms with van der Waals surface area (Å²) in [6.45, 7) is 2.21. The number of nitrogens with one attached hydrogen (secondary N) is 1. The molecule has 0 saturated carbocycles. The fourth-order valence-electron chi connectivity index (χ4n) is 1.44. The van der Waals surface area contributed by atoms with Gasteiger partial charge in [-0.1, -0.05) is 44.2 Å². The van der Waals surface area contributed by atoms with E-state index in [0.717, 1.165) is 12.8 Å². The van der Waals surface area contributed by atoms with Gasteiger partial charge in [-0.05, 0) is 6.42 Å². The summed E-state index contributed by atoms with van der Waals surface area (Å²) < 4.78 is 4.40. The first-order valence-corrected chi connectivity index (χ1v) is 5.38. The molecular weight excluding hydrogens is 180 g/mol. The number of hydrogen-bond donors (Lipinski definition) is 1. The Morgan fingerprint density at radius 1 is 1.21 bits per heavy atom. The highest BCUT2D eigenvalue weighted by molar-refractivity contribution is 4.77. The van der Waals surface area contributed by atoms with E-state index in [-0.39, 0.29) is 0 Å². The average Bonchev–Trinajstić information content (AvgIpc) is 2.58. The highest BCUT2D eigenvalue weighted by Gasteiger charge is 1.99. The minimum absolute atomic E-state index is 0.453. The van der Waals surface area contributed by atoms with Crippen LogP contribution in [0.4, 0.5) is 0 Å². The zero-order valence-corrected chi connectivity index (χ0v) is 8.71. The number of aromatic amines is 1. The number of unbranched alkanes of at least 4 members (excludes halogenated alkanes) is 5. The van der Waals surface area contributed by atoms with E-state index in [1.165, 1.54) is 32.1 Å². The fourth-order valence-corrected chi connectivity index (χ4v) is 1.44. The number of H-pyrrole nitrogens is 1. The summed E-state index contributed by atoms with van der Waals surface area (Å²) in [5, 5.41) is 3.61. The molecule has 0 aliphatic carbocycles. The lowest BCUT2D eigenvalue weighted by atomic mass is 10.1. The maximum absolute atomic E-state index is 10.6. The molecule has 1 heterocycles. The van der Waals surface area contributed by atoms with Crippen LogP contribution in [0, 0.1) is 0 Å². The summed E-state index contributed by atoms with van der Waals surface area (Å²) >= 11 is 0. The molecule has 0 fully saturated rings. The van der Waals surface area contributed by atoms with Gasteiger partial charge in [0.05, 0.1) is 0 Å². The fraction of sp³-hybridized carbons (Fsp3) is 0.800. The third-order valence-corrected chi connectivity index (χ3v) is 2.25. The maximum atomic E-state index is 10.6. The molecule has 0 unspecified atom stereocenters. The molecule has 0 spiro atoms. The van der Waals surface area contributed by atoms with Crippen LogP contribution in [-0.2, 0) is 6.42 Å². The molecule has 0 amide bonds. The van der Waals surface area contributed by atoms with Gasteiger partial charge in [0, 0.05) is 6.42 Å². The van der Waals surface area contributed by atoms with Gasteiger partial charge >= 0.3 is 5.76 Å². The van der Waals surface area contributed by atoms with Gasteiger partial charge < -0.3 is 0 Å². The van der Waals surface area contributed by atoms with E-state index in [1.54, 1.807) is 0 Å². The van der Waals surface area contributed by atoms with Gasteiger partial charge in [-0.2, -0.15) is 0 Å².